The van der Waals surface area contributed by atoms with Crippen molar-refractivity contribution in [3.63, 3.8) is 0 Å². The van der Waals surface area contributed by atoms with Crippen LogP contribution in [0.2, 0.25) is 5.02 Å². The highest BCUT2D eigenvalue weighted by atomic mass is 35.5. The van der Waals surface area contributed by atoms with Crippen molar-refractivity contribution >= 4 is 23.7 Å². The zero-order chi connectivity index (χ0) is 15.1. The van der Waals surface area contributed by atoms with Crippen molar-refractivity contribution in [2.75, 3.05) is 0 Å². The van der Waals surface area contributed by atoms with Crippen LogP contribution in [0.5, 0.6) is 0 Å². The van der Waals surface area contributed by atoms with Gasteiger partial charge in [-0.05, 0) is 41.8 Å². The van der Waals surface area contributed by atoms with Crippen molar-refractivity contribution in [2.24, 2.45) is 0 Å². The normalized spacial score (nSPS) is 10.6. The highest BCUT2D eigenvalue weighted by Gasteiger charge is 1.98. The molecule has 0 unspecified atom stereocenters. The van der Waals surface area contributed by atoms with E-state index in [9.17, 15) is 4.79 Å². The second-order valence-corrected chi connectivity index (χ2v) is 5.08. The number of hydrogen-bond acceptors (Lipinski definition) is 1. The number of halogens is 1. The highest BCUT2D eigenvalue weighted by Crippen LogP contribution is 2.09. The Bertz CT molecular complexity index is 635. The van der Waals surface area contributed by atoms with Crippen molar-refractivity contribution in [2.45, 2.75) is 13.5 Å². The maximum atomic E-state index is 11.7. The van der Waals surface area contributed by atoms with E-state index in [1.807, 2.05) is 49.4 Å². The Morgan fingerprint density at radius 3 is 2.57 bits per heavy atom. The van der Waals surface area contributed by atoms with Crippen LogP contribution in [0.1, 0.15) is 16.7 Å². The molecule has 0 aliphatic heterocycles. The number of carbonyl (C=O) groups excluding carboxylic acids is 1. The summed E-state index contributed by atoms with van der Waals surface area (Å²) in [4.78, 5) is 11.7. The van der Waals surface area contributed by atoms with E-state index in [0.29, 0.717) is 11.6 Å². The Labute approximate surface area is 129 Å². The molecule has 0 bridgehead atoms. The smallest absolute Gasteiger partial charge is 0.319 e. The highest BCUT2D eigenvalue weighted by molar-refractivity contribution is 6.30. The fraction of sp³-hybridized carbons (Fsp3) is 0.118. The molecule has 0 aliphatic rings. The van der Waals surface area contributed by atoms with E-state index in [0.717, 1.165) is 16.7 Å². The van der Waals surface area contributed by atoms with Gasteiger partial charge in [-0.25, -0.2) is 4.79 Å². The molecule has 3 nitrogen and oxygen atoms in total. The molecule has 21 heavy (non-hydrogen) atoms. The molecule has 0 aliphatic carbocycles. The van der Waals surface area contributed by atoms with Crippen molar-refractivity contribution in [1.82, 2.24) is 10.6 Å². The first-order chi connectivity index (χ1) is 10.1. The number of aryl methyl sites for hydroxylation is 1. The molecule has 0 aromatic heterocycles. The first kappa shape index (κ1) is 15.1. The lowest BCUT2D eigenvalue weighted by atomic mass is 10.1. The Morgan fingerprint density at radius 1 is 1.14 bits per heavy atom. The van der Waals surface area contributed by atoms with Crippen LogP contribution in [0.15, 0.2) is 54.7 Å². The van der Waals surface area contributed by atoms with E-state index in [4.69, 9.17) is 11.6 Å². The van der Waals surface area contributed by atoms with Gasteiger partial charge in [-0.1, -0.05) is 48.0 Å². The number of benzene rings is 2. The predicted octanol–water partition coefficient (Wildman–Crippen LogP) is 4.12. The van der Waals surface area contributed by atoms with E-state index in [1.54, 1.807) is 18.3 Å². The van der Waals surface area contributed by atoms with Gasteiger partial charge in [0.15, 0.2) is 0 Å². The van der Waals surface area contributed by atoms with Gasteiger partial charge in [0.1, 0.15) is 0 Å². The summed E-state index contributed by atoms with van der Waals surface area (Å²) < 4.78 is 0. The topological polar surface area (TPSA) is 41.1 Å². The summed E-state index contributed by atoms with van der Waals surface area (Å²) >= 11 is 5.81. The zero-order valence-corrected chi connectivity index (χ0v) is 12.5. The van der Waals surface area contributed by atoms with Gasteiger partial charge < -0.3 is 10.6 Å². The summed E-state index contributed by atoms with van der Waals surface area (Å²) in [6.45, 7) is 2.49. The molecule has 2 amide bonds. The summed E-state index contributed by atoms with van der Waals surface area (Å²) in [7, 11) is 0. The molecule has 0 heterocycles. The van der Waals surface area contributed by atoms with Gasteiger partial charge in [-0.3, -0.25) is 0 Å². The third kappa shape index (κ3) is 4.97. The summed E-state index contributed by atoms with van der Waals surface area (Å²) in [5, 5.41) is 6.14. The SMILES string of the molecule is Cc1ccccc1/C=C/NC(=O)NCc1ccc(Cl)cc1. The van der Waals surface area contributed by atoms with Crippen LogP contribution in [-0.2, 0) is 6.54 Å². The third-order valence-electron chi connectivity index (χ3n) is 3.03. The number of amides is 2. The van der Waals surface area contributed by atoms with Crippen LogP contribution in [0.25, 0.3) is 6.08 Å². The molecule has 2 aromatic rings. The molecule has 0 atom stereocenters. The van der Waals surface area contributed by atoms with Crippen LogP contribution in [0.4, 0.5) is 4.79 Å². The molecule has 2 rings (SSSR count). The van der Waals surface area contributed by atoms with Gasteiger partial charge in [0.25, 0.3) is 0 Å². The Morgan fingerprint density at radius 2 is 1.86 bits per heavy atom. The minimum Gasteiger partial charge on any atom is -0.334 e. The summed E-state index contributed by atoms with van der Waals surface area (Å²) in [6.07, 6.45) is 3.51. The molecular weight excluding hydrogens is 284 g/mol. The molecule has 0 spiro atoms. The molecular formula is C17H17ClN2O. The van der Waals surface area contributed by atoms with Gasteiger partial charge in [-0.2, -0.15) is 0 Å². The molecule has 0 radical (unpaired) electrons. The van der Waals surface area contributed by atoms with Gasteiger partial charge in [-0.15, -0.1) is 0 Å². The minimum absolute atomic E-state index is 0.241. The van der Waals surface area contributed by atoms with Gasteiger partial charge in [0.05, 0.1) is 0 Å². The number of hydrogen-bond donors (Lipinski definition) is 2. The third-order valence-corrected chi connectivity index (χ3v) is 3.28. The maximum Gasteiger partial charge on any atom is 0.319 e. The van der Waals surface area contributed by atoms with Crippen LogP contribution < -0.4 is 10.6 Å². The fourth-order valence-electron chi connectivity index (χ4n) is 1.82. The van der Waals surface area contributed by atoms with Gasteiger partial charge >= 0.3 is 6.03 Å². The molecule has 108 valence electrons. The lowest BCUT2D eigenvalue weighted by Crippen LogP contribution is -2.31. The standard InChI is InChI=1S/C17H17ClN2O/c1-13-4-2-3-5-15(13)10-11-19-17(21)20-12-14-6-8-16(18)9-7-14/h2-11H,12H2,1H3,(H2,19,20,21)/b11-10+. The second-order valence-electron chi connectivity index (χ2n) is 4.64. The molecule has 0 saturated carbocycles. The van der Waals surface area contributed by atoms with Gasteiger partial charge in [0, 0.05) is 17.8 Å². The number of rotatable bonds is 4. The van der Waals surface area contributed by atoms with E-state index in [1.165, 1.54) is 0 Å². The molecule has 0 saturated heterocycles. The fourth-order valence-corrected chi connectivity index (χ4v) is 1.94. The average Bonchev–Trinajstić information content (AvgIpc) is 2.49. The Hall–Kier alpha value is -2.26. The first-order valence-electron chi connectivity index (χ1n) is 6.66. The lowest BCUT2D eigenvalue weighted by Gasteiger charge is -2.05. The molecule has 2 aromatic carbocycles. The minimum atomic E-state index is -0.241. The molecule has 4 heteroatoms. The van der Waals surface area contributed by atoms with E-state index in [-0.39, 0.29) is 6.03 Å². The number of carbonyl (C=O) groups is 1. The van der Waals surface area contributed by atoms with E-state index in [2.05, 4.69) is 10.6 Å². The largest absolute Gasteiger partial charge is 0.334 e. The van der Waals surface area contributed by atoms with Crippen molar-refractivity contribution < 1.29 is 4.79 Å². The van der Waals surface area contributed by atoms with E-state index < -0.39 is 0 Å². The second kappa shape index (κ2) is 7.50. The van der Waals surface area contributed by atoms with E-state index >= 15 is 0 Å². The summed E-state index contributed by atoms with van der Waals surface area (Å²) in [6, 6.07) is 15.1. The monoisotopic (exact) mass is 300 g/mol. The number of urea groups is 1. The maximum absolute atomic E-state index is 11.7. The Kier molecular flexibility index (Phi) is 5.41. The summed E-state index contributed by atoms with van der Waals surface area (Å²) in [5.41, 5.74) is 3.24. The van der Waals surface area contributed by atoms with Crippen LogP contribution in [-0.4, -0.2) is 6.03 Å². The van der Waals surface area contributed by atoms with Crippen LogP contribution in [0, 0.1) is 6.92 Å². The van der Waals surface area contributed by atoms with Crippen molar-refractivity contribution in [3.8, 4) is 0 Å². The first-order valence-corrected chi connectivity index (χ1v) is 7.04. The van der Waals surface area contributed by atoms with Crippen molar-refractivity contribution in [1.29, 1.82) is 0 Å². The molecule has 0 fully saturated rings. The zero-order valence-electron chi connectivity index (χ0n) is 11.8. The van der Waals surface area contributed by atoms with Crippen LogP contribution in [0.3, 0.4) is 0 Å². The number of nitrogens with one attached hydrogen (secondary N) is 2. The molecule has 2 N–H and O–H groups in total. The summed E-state index contributed by atoms with van der Waals surface area (Å²) in [5.74, 6) is 0. The van der Waals surface area contributed by atoms with Crippen molar-refractivity contribution in [3.05, 3.63) is 76.4 Å². The average molecular weight is 301 g/mol. The predicted molar refractivity (Wildman–Crippen MR) is 87.0 cm³/mol. The Balaban J connectivity index is 1.80. The lowest BCUT2D eigenvalue weighted by molar-refractivity contribution is 0.244. The quantitative estimate of drug-likeness (QED) is 0.876. The van der Waals surface area contributed by atoms with Gasteiger partial charge in [0.2, 0.25) is 0 Å². The van der Waals surface area contributed by atoms with Crippen LogP contribution >= 0.6 is 11.6 Å².